The summed E-state index contributed by atoms with van der Waals surface area (Å²) in [6.07, 6.45) is -3.75. The van der Waals surface area contributed by atoms with Crippen molar-refractivity contribution < 1.29 is 13.2 Å². The largest absolute Gasteiger partial charge is 0.416 e. The Morgan fingerprint density at radius 1 is 1.14 bits per heavy atom. The van der Waals surface area contributed by atoms with Gasteiger partial charge in [-0.3, -0.25) is 0 Å². The second-order valence-corrected chi connectivity index (χ2v) is 5.93. The van der Waals surface area contributed by atoms with Crippen molar-refractivity contribution in [2.75, 3.05) is 0 Å². The first-order valence-electron chi connectivity index (χ1n) is 6.45. The summed E-state index contributed by atoms with van der Waals surface area (Å²) in [5, 5.41) is 0. The highest BCUT2D eigenvalue weighted by Crippen LogP contribution is 2.32. The Kier molecular flexibility index (Phi) is 4.74. The molecule has 0 saturated carbocycles. The van der Waals surface area contributed by atoms with E-state index in [0.717, 1.165) is 27.7 Å². The predicted molar refractivity (Wildman–Crippen MR) is 81.0 cm³/mol. The third-order valence-corrected chi connectivity index (χ3v) is 3.83. The van der Waals surface area contributed by atoms with Gasteiger partial charge in [0.2, 0.25) is 0 Å². The Morgan fingerprint density at radius 2 is 1.86 bits per heavy atom. The average Bonchev–Trinajstić information content (AvgIpc) is 2.37. The summed E-state index contributed by atoms with van der Waals surface area (Å²) in [7, 11) is 0. The molecule has 1 atom stereocenters. The first-order chi connectivity index (χ1) is 9.77. The SMILES string of the molecule is Cc1cc(C(F)(F)F)ccc1C(N)Cc1cccc(Br)c1. The number of hydrogen-bond acceptors (Lipinski definition) is 1. The van der Waals surface area contributed by atoms with Gasteiger partial charge < -0.3 is 5.73 Å². The van der Waals surface area contributed by atoms with Crippen LogP contribution in [0.25, 0.3) is 0 Å². The van der Waals surface area contributed by atoms with E-state index >= 15 is 0 Å². The summed E-state index contributed by atoms with van der Waals surface area (Å²) in [5.74, 6) is 0. The zero-order valence-electron chi connectivity index (χ0n) is 11.4. The van der Waals surface area contributed by atoms with Gasteiger partial charge in [-0.25, -0.2) is 0 Å². The Bertz CT molecular complexity index is 638. The molecule has 0 bridgehead atoms. The minimum atomic E-state index is -4.32. The zero-order valence-corrected chi connectivity index (χ0v) is 13.0. The van der Waals surface area contributed by atoms with E-state index < -0.39 is 11.7 Å². The molecule has 1 nitrogen and oxygen atoms in total. The van der Waals surface area contributed by atoms with E-state index in [1.54, 1.807) is 6.92 Å². The maximum atomic E-state index is 12.7. The molecule has 112 valence electrons. The summed E-state index contributed by atoms with van der Waals surface area (Å²) in [6.45, 7) is 1.66. The van der Waals surface area contributed by atoms with Crippen LogP contribution < -0.4 is 5.73 Å². The highest BCUT2D eigenvalue weighted by atomic mass is 79.9. The van der Waals surface area contributed by atoms with E-state index in [-0.39, 0.29) is 6.04 Å². The Labute approximate surface area is 130 Å². The molecule has 0 aliphatic heterocycles. The molecule has 21 heavy (non-hydrogen) atoms. The second kappa shape index (κ2) is 6.20. The number of aryl methyl sites for hydroxylation is 1. The van der Waals surface area contributed by atoms with Crippen molar-refractivity contribution in [2.24, 2.45) is 5.73 Å². The van der Waals surface area contributed by atoms with E-state index in [1.807, 2.05) is 24.3 Å². The molecule has 0 spiro atoms. The van der Waals surface area contributed by atoms with E-state index in [0.29, 0.717) is 12.0 Å². The maximum absolute atomic E-state index is 12.7. The van der Waals surface area contributed by atoms with Crippen LogP contribution in [0.1, 0.15) is 28.3 Å². The molecule has 0 radical (unpaired) electrons. The van der Waals surface area contributed by atoms with Crippen molar-refractivity contribution in [3.05, 3.63) is 69.2 Å². The van der Waals surface area contributed by atoms with Crippen LogP contribution >= 0.6 is 15.9 Å². The van der Waals surface area contributed by atoms with Gasteiger partial charge >= 0.3 is 6.18 Å². The molecule has 0 fully saturated rings. The van der Waals surface area contributed by atoms with Crippen molar-refractivity contribution in [3.8, 4) is 0 Å². The summed E-state index contributed by atoms with van der Waals surface area (Å²) in [5.41, 5.74) is 7.84. The van der Waals surface area contributed by atoms with Crippen molar-refractivity contribution in [2.45, 2.75) is 25.6 Å². The number of alkyl halides is 3. The van der Waals surface area contributed by atoms with Gasteiger partial charge in [0.15, 0.2) is 0 Å². The molecule has 5 heteroatoms. The van der Waals surface area contributed by atoms with Gasteiger partial charge in [0.05, 0.1) is 5.56 Å². The fraction of sp³-hybridized carbons (Fsp3) is 0.250. The molecule has 0 aliphatic rings. The molecule has 2 aromatic carbocycles. The number of hydrogen-bond donors (Lipinski definition) is 1. The van der Waals surface area contributed by atoms with Crippen LogP contribution in [0.3, 0.4) is 0 Å². The summed E-state index contributed by atoms with van der Waals surface area (Å²) >= 11 is 3.39. The third kappa shape index (κ3) is 4.08. The fourth-order valence-electron chi connectivity index (χ4n) is 2.30. The van der Waals surface area contributed by atoms with Gasteiger partial charge in [-0.1, -0.05) is 34.1 Å². The lowest BCUT2D eigenvalue weighted by atomic mass is 9.94. The number of rotatable bonds is 3. The molecule has 0 aromatic heterocycles. The van der Waals surface area contributed by atoms with Gasteiger partial charge in [-0.2, -0.15) is 13.2 Å². The monoisotopic (exact) mass is 357 g/mol. The van der Waals surface area contributed by atoms with E-state index in [4.69, 9.17) is 5.73 Å². The Balaban J connectivity index is 2.22. The molecular weight excluding hydrogens is 343 g/mol. The predicted octanol–water partition coefficient (Wildman–Crippen LogP) is 5.02. The standard InChI is InChI=1S/C16H15BrF3N/c1-10-7-12(16(18,19)20)5-6-14(10)15(21)9-11-3-2-4-13(17)8-11/h2-8,15H,9,21H2,1H3. The van der Waals surface area contributed by atoms with E-state index in [1.165, 1.54) is 6.07 Å². The lowest BCUT2D eigenvalue weighted by molar-refractivity contribution is -0.137. The van der Waals surface area contributed by atoms with Crippen molar-refractivity contribution in [1.82, 2.24) is 0 Å². The van der Waals surface area contributed by atoms with Crippen LogP contribution in [0.2, 0.25) is 0 Å². The van der Waals surface area contributed by atoms with Crippen molar-refractivity contribution in [1.29, 1.82) is 0 Å². The molecule has 0 aliphatic carbocycles. The smallest absolute Gasteiger partial charge is 0.324 e. The molecule has 2 N–H and O–H groups in total. The Morgan fingerprint density at radius 3 is 2.43 bits per heavy atom. The van der Waals surface area contributed by atoms with Gasteiger partial charge in [-0.05, 0) is 54.3 Å². The van der Waals surface area contributed by atoms with Gasteiger partial charge in [0, 0.05) is 10.5 Å². The summed E-state index contributed by atoms with van der Waals surface area (Å²) in [4.78, 5) is 0. The number of nitrogens with two attached hydrogens (primary N) is 1. The maximum Gasteiger partial charge on any atom is 0.416 e. The van der Waals surface area contributed by atoms with Crippen LogP contribution in [0.4, 0.5) is 13.2 Å². The number of halogens is 4. The summed E-state index contributed by atoms with van der Waals surface area (Å²) in [6, 6.07) is 11.1. The topological polar surface area (TPSA) is 26.0 Å². The van der Waals surface area contributed by atoms with Crippen LogP contribution in [0.5, 0.6) is 0 Å². The minimum Gasteiger partial charge on any atom is -0.324 e. The normalized spacial score (nSPS) is 13.2. The summed E-state index contributed by atoms with van der Waals surface area (Å²) < 4.78 is 38.9. The quantitative estimate of drug-likeness (QED) is 0.819. The van der Waals surface area contributed by atoms with Gasteiger partial charge in [-0.15, -0.1) is 0 Å². The lowest BCUT2D eigenvalue weighted by Gasteiger charge is -2.17. The fourth-order valence-corrected chi connectivity index (χ4v) is 2.74. The van der Waals surface area contributed by atoms with Crippen LogP contribution in [-0.4, -0.2) is 0 Å². The minimum absolute atomic E-state index is 0.332. The molecule has 2 rings (SSSR count). The van der Waals surface area contributed by atoms with Crippen molar-refractivity contribution >= 4 is 15.9 Å². The zero-order chi connectivity index (χ0) is 15.6. The number of benzene rings is 2. The highest BCUT2D eigenvalue weighted by Gasteiger charge is 2.30. The van der Waals surface area contributed by atoms with Crippen LogP contribution in [0, 0.1) is 6.92 Å². The molecular formula is C16H15BrF3N. The molecule has 0 amide bonds. The molecule has 0 saturated heterocycles. The van der Waals surface area contributed by atoms with Gasteiger partial charge in [0.1, 0.15) is 0 Å². The molecule has 0 heterocycles. The van der Waals surface area contributed by atoms with Gasteiger partial charge in [0.25, 0.3) is 0 Å². The average molecular weight is 358 g/mol. The first-order valence-corrected chi connectivity index (χ1v) is 7.24. The van der Waals surface area contributed by atoms with Crippen molar-refractivity contribution in [3.63, 3.8) is 0 Å². The van der Waals surface area contributed by atoms with E-state index in [2.05, 4.69) is 15.9 Å². The second-order valence-electron chi connectivity index (χ2n) is 5.01. The molecule has 1 unspecified atom stereocenters. The highest BCUT2D eigenvalue weighted by molar-refractivity contribution is 9.10. The van der Waals surface area contributed by atoms with E-state index in [9.17, 15) is 13.2 Å². The van der Waals surface area contributed by atoms with Crippen LogP contribution in [-0.2, 0) is 12.6 Å². The van der Waals surface area contributed by atoms with Crippen LogP contribution in [0.15, 0.2) is 46.9 Å². The Hall–Kier alpha value is -1.33. The lowest BCUT2D eigenvalue weighted by Crippen LogP contribution is -2.15. The third-order valence-electron chi connectivity index (χ3n) is 3.34. The molecule has 2 aromatic rings. The first kappa shape index (κ1) is 16.0.